The number of likely N-dealkylation sites (tertiary alicyclic amines) is 1. The summed E-state index contributed by atoms with van der Waals surface area (Å²) in [5.74, 6) is -0.550. The molecule has 5 nitrogen and oxygen atoms in total. The number of carbonyl (C=O) groups excluding carboxylic acids is 1. The van der Waals surface area contributed by atoms with E-state index >= 15 is 0 Å². The van der Waals surface area contributed by atoms with Crippen molar-refractivity contribution in [2.75, 3.05) is 20.1 Å². The zero-order chi connectivity index (χ0) is 13.1. The summed E-state index contributed by atoms with van der Waals surface area (Å²) in [6.07, 6.45) is 2.01. The van der Waals surface area contributed by atoms with Gasteiger partial charge in [-0.05, 0) is 38.6 Å². The van der Waals surface area contributed by atoms with Crippen LogP contribution in [0.15, 0.2) is 18.2 Å². The van der Waals surface area contributed by atoms with Gasteiger partial charge in [-0.25, -0.2) is 0 Å². The van der Waals surface area contributed by atoms with Crippen molar-refractivity contribution in [3.63, 3.8) is 0 Å². The zero-order valence-corrected chi connectivity index (χ0v) is 10.4. The summed E-state index contributed by atoms with van der Waals surface area (Å²) < 4.78 is 0. The maximum absolute atomic E-state index is 12.0. The van der Waals surface area contributed by atoms with Gasteiger partial charge in [-0.3, -0.25) is 4.79 Å². The average molecular weight is 250 g/mol. The van der Waals surface area contributed by atoms with Crippen molar-refractivity contribution >= 4 is 5.91 Å². The van der Waals surface area contributed by atoms with E-state index in [9.17, 15) is 15.0 Å². The molecular formula is C13H18N2O3. The van der Waals surface area contributed by atoms with E-state index in [0.29, 0.717) is 0 Å². The topological polar surface area (TPSA) is 72.8 Å². The van der Waals surface area contributed by atoms with Crippen LogP contribution in [0.25, 0.3) is 0 Å². The summed E-state index contributed by atoms with van der Waals surface area (Å²) in [5, 5.41) is 21.7. The molecule has 2 rings (SSSR count). The van der Waals surface area contributed by atoms with Gasteiger partial charge < -0.3 is 20.4 Å². The van der Waals surface area contributed by atoms with E-state index in [1.807, 2.05) is 7.05 Å². The molecule has 1 fully saturated rings. The molecule has 1 saturated heterocycles. The van der Waals surface area contributed by atoms with E-state index in [1.54, 1.807) is 0 Å². The molecule has 0 spiro atoms. The Morgan fingerprint density at radius 1 is 1.44 bits per heavy atom. The molecule has 1 aliphatic rings. The van der Waals surface area contributed by atoms with E-state index in [-0.39, 0.29) is 29.0 Å². The average Bonchev–Trinajstić information content (AvgIpc) is 2.28. The summed E-state index contributed by atoms with van der Waals surface area (Å²) >= 11 is 0. The van der Waals surface area contributed by atoms with Gasteiger partial charge in [-0.15, -0.1) is 0 Å². The lowest BCUT2D eigenvalue weighted by atomic mass is 10.1. The summed E-state index contributed by atoms with van der Waals surface area (Å²) in [7, 11) is 2.02. The van der Waals surface area contributed by atoms with Crippen molar-refractivity contribution in [1.82, 2.24) is 10.2 Å². The monoisotopic (exact) mass is 250 g/mol. The van der Waals surface area contributed by atoms with E-state index in [1.165, 1.54) is 18.2 Å². The van der Waals surface area contributed by atoms with Gasteiger partial charge in [-0.2, -0.15) is 0 Å². The lowest BCUT2D eigenvalue weighted by Gasteiger charge is -2.30. The maximum Gasteiger partial charge on any atom is 0.255 e. The fourth-order valence-corrected chi connectivity index (χ4v) is 2.26. The fraction of sp³-hybridized carbons (Fsp3) is 0.462. The van der Waals surface area contributed by atoms with Crippen LogP contribution in [-0.4, -0.2) is 47.2 Å². The molecule has 3 N–H and O–H groups in total. The van der Waals surface area contributed by atoms with Crippen LogP contribution in [0.4, 0.5) is 0 Å². The van der Waals surface area contributed by atoms with Gasteiger partial charge in [0.2, 0.25) is 0 Å². The third-order valence-electron chi connectivity index (χ3n) is 3.19. The van der Waals surface area contributed by atoms with Gasteiger partial charge in [0.05, 0.1) is 5.56 Å². The first kappa shape index (κ1) is 12.7. The number of piperidine rings is 1. The molecule has 0 radical (unpaired) electrons. The van der Waals surface area contributed by atoms with Gasteiger partial charge >= 0.3 is 0 Å². The highest BCUT2D eigenvalue weighted by Crippen LogP contribution is 2.22. The first-order valence-corrected chi connectivity index (χ1v) is 6.07. The maximum atomic E-state index is 12.0. The summed E-state index contributed by atoms with van der Waals surface area (Å²) in [4.78, 5) is 14.2. The molecule has 1 aliphatic heterocycles. The molecular weight excluding hydrogens is 232 g/mol. The Bertz CT molecular complexity index is 448. The second kappa shape index (κ2) is 5.27. The van der Waals surface area contributed by atoms with Gasteiger partial charge in [0.25, 0.3) is 5.91 Å². The highest BCUT2D eigenvalue weighted by atomic mass is 16.3. The van der Waals surface area contributed by atoms with Gasteiger partial charge in [0.15, 0.2) is 0 Å². The number of phenolic OH excluding ortho intramolecular Hbond substituents is 2. The van der Waals surface area contributed by atoms with Crippen LogP contribution in [0.1, 0.15) is 23.2 Å². The molecule has 0 bridgehead atoms. The molecule has 1 aromatic rings. The van der Waals surface area contributed by atoms with Crippen molar-refractivity contribution in [2.24, 2.45) is 0 Å². The van der Waals surface area contributed by atoms with Crippen LogP contribution in [0.5, 0.6) is 11.5 Å². The van der Waals surface area contributed by atoms with Crippen molar-refractivity contribution in [1.29, 1.82) is 0 Å². The second-order valence-corrected chi connectivity index (χ2v) is 4.78. The first-order valence-electron chi connectivity index (χ1n) is 6.07. The minimum atomic E-state index is -0.298. The Kier molecular flexibility index (Phi) is 3.72. The number of aromatic hydroxyl groups is 2. The summed E-state index contributed by atoms with van der Waals surface area (Å²) in [5.41, 5.74) is 0.195. The summed E-state index contributed by atoms with van der Waals surface area (Å²) in [6.45, 7) is 1.88. The highest BCUT2D eigenvalue weighted by Gasteiger charge is 2.20. The molecule has 18 heavy (non-hydrogen) atoms. The van der Waals surface area contributed by atoms with E-state index in [4.69, 9.17) is 0 Å². The number of nitrogens with one attached hydrogen (secondary N) is 1. The van der Waals surface area contributed by atoms with Crippen LogP contribution < -0.4 is 5.32 Å². The standard InChI is InChI=1S/C13H18N2O3/c1-15-6-2-3-9(8-15)14-13(18)11-5-4-10(16)7-12(11)17/h4-5,7,9,16-17H,2-3,6,8H2,1H3,(H,14,18). The molecule has 5 heteroatoms. The molecule has 1 unspecified atom stereocenters. The number of amides is 1. The molecule has 0 aliphatic carbocycles. The largest absolute Gasteiger partial charge is 0.508 e. The number of carbonyl (C=O) groups is 1. The zero-order valence-electron chi connectivity index (χ0n) is 10.4. The van der Waals surface area contributed by atoms with Crippen LogP contribution in [0.3, 0.4) is 0 Å². The van der Waals surface area contributed by atoms with Crippen LogP contribution in [-0.2, 0) is 0 Å². The lowest BCUT2D eigenvalue weighted by Crippen LogP contribution is -2.46. The first-order chi connectivity index (χ1) is 8.56. The van der Waals surface area contributed by atoms with Crippen LogP contribution in [0, 0.1) is 0 Å². The predicted octanol–water partition coefficient (Wildman–Crippen LogP) is 0.922. The third kappa shape index (κ3) is 2.92. The molecule has 1 amide bonds. The van der Waals surface area contributed by atoms with Crippen LogP contribution in [0.2, 0.25) is 0 Å². The van der Waals surface area contributed by atoms with E-state index in [2.05, 4.69) is 10.2 Å². The van der Waals surface area contributed by atoms with Crippen molar-refractivity contribution in [2.45, 2.75) is 18.9 Å². The molecule has 1 atom stereocenters. The smallest absolute Gasteiger partial charge is 0.255 e. The number of benzene rings is 1. The van der Waals surface area contributed by atoms with Gasteiger partial charge in [0, 0.05) is 18.7 Å². The number of nitrogens with zero attached hydrogens (tertiary/aromatic N) is 1. The molecule has 0 aromatic heterocycles. The molecule has 1 aromatic carbocycles. The highest BCUT2D eigenvalue weighted by molar-refractivity contribution is 5.97. The Labute approximate surface area is 106 Å². The number of rotatable bonds is 2. The van der Waals surface area contributed by atoms with Gasteiger partial charge in [-0.1, -0.05) is 0 Å². The van der Waals surface area contributed by atoms with Crippen molar-refractivity contribution < 1.29 is 15.0 Å². The predicted molar refractivity (Wildman–Crippen MR) is 67.8 cm³/mol. The van der Waals surface area contributed by atoms with Crippen molar-refractivity contribution in [3.8, 4) is 11.5 Å². The third-order valence-corrected chi connectivity index (χ3v) is 3.19. The minimum Gasteiger partial charge on any atom is -0.508 e. The van der Waals surface area contributed by atoms with Crippen LogP contribution >= 0.6 is 0 Å². The Hall–Kier alpha value is -1.75. The number of hydrogen-bond donors (Lipinski definition) is 3. The Balaban J connectivity index is 2.03. The Morgan fingerprint density at radius 3 is 2.89 bits per heavy atom. The molecule has 1 heterocycles. The normalized spacial score (nSPS) is 20.6. The second-order valence-electron chi connectivity index (χ2n) is 4.78. The minimum absolute atomic E-state index is 0.0542. The van der Waals surface area contributed by atoms with Gasteiger partial charge in [0.1, 0.15) is 11.5 Å². The number of likely N-dealkylation sites (N-methyl/N-ethyl adjacent to an activating group) is 1. The number of phenols is 2. The SMILES string of the molecule is CN1CCCC(NC(=O)c2ccc(O)cc2O)C1. The van der Waals surface area contributed by atoms with Crippen molar-refractivity contribution in [3.05, 3.63) is 23.8 Å². The fourth-order valence-electron chi connectivity index (χ4n) is 2.26. The lowest BCUT2D eigenvalue weighted by molar-refractivity contribution is 0.0910. The van der Waals surface area contributed by atoms with E-state index in [0.717, 1.165) is 25.9 Å². The Morgan fingerprint density at radius 2 is 2.22 bits per heavy atom. The quantitative estimate of drug-likeness (QED) is 0.730. The summed E-state index contributed by atoms with van der Waals surface area (Å²) in [6, 6.07) is 4.10. The molecule has 0 saturated carbocycles. The molecule has 98 valence electrons. The van der Waals surface area contributed by atoms with E-state index < -0.39 is 0 Å². The number of hydrogen-bond acceptors (Lipinski definition) is 4.